The third-order valence-corrected chi connectivity index (χ3v) is 3.08. The lowest BCUT2D eigenvalue weighted by molar-refractivity contribution is 0.0786. The molecule has 1 aliphatic rings. The van der Waals surface area contributed by atoms with Gasteiger partial charge in [0, 0.05) is 19.0 Å². The first-order valence-corrected chi connectivity index (χ1v) is 5.72. The van der Waals surface area contributed by atoms with Gasteiger partial charge in [-0.05, 0) is 24.8 Å². The van der Waals surface area contributed by atoms with Crippen LogP contribution in [0.2, 0.25) is 0 Å². The maximum Gasteiger partial charge on any atom is 0.257 e. The second-order valence-corrected chi connectivity index (χ2v) is 4.27. The lowest BCUT2D eigenvalue weighted by Gasteiger charge is -2.14. The van der Waals surface area contributed by atoms with Crippen LogP contribution in [-0.4, -0.2) is 29.8 Å². The molecule has 2 heterocycles. The summed E-state index contributed by atoms with van der Waals surface area (Å²) < 4.78 is 4.90. The SMILES string of the molecule is O=C(c1ccoc1)N1CCC(CCCl)C1. The van der Waals surface area contributed by atoms with Gasteiger partial charge in [-0.15, -0.1) is 11.6 Å². The minimum Gasteiger partial charge on any atom is -0.472 e. The summed E-state index contributed by atoms with van der Waals surface area (Å²) in [7, 11) is 0. The Morgan fingerprint density at radius 2 is 2.53 bits per heavy atom. The van der Waals surface area contributed by atoms with E-state index < -0.39 is 0 Å². The van der Waals surface area contributed by atoms with Crippen molar-refractivity contribution in [2.24, 2.45) is 5.92 Å². The fourth-order valence-electron chi connectivity index (χ4n) is 1.98. The third kappa shape index (κ3) is 2.34. The van der Waals surface area contributed by atoms with Crippen molar-refractivity contribution in [2.75, 3.05) is 19.0 Å². The third-order valence-electron chi connectivity index (χ3n) is 2.86. The lowest BCUT2D eigenvalue weighted by atomic mass is 10.1. The highest BCUT2D eigenvalue weighted by Crippen LogP contribution is 2.21. The normalized spacial score (nSPS) is 20.9. The number of hydrogen-bond donors (Lipinski definition) is 0. The molecule has 0 aromatic carbocycles. The topological polar surface area (TPSA) is 33.5 Å². The smallest absolute Gasteiger partial charge is 0.257 e. The fraction of sp³-hybridized carbons (Fsp3) is 0.545. The highest BCUT2D eigenvalue weighted by molar-refractivity contribution is 6.17. The van der Waals surface area contributed by atoms with Crippen LogP contribution in [0.25, 0.3) is 0 Å². The maximum absolute atomic E-state index is 11.9. The molecule has 15 heavy (non-hydrogen) atoms. The van der Waals surface area contributed by atoms with Crippen molar-refractivity contribution in [1.29, 1.82) is 0 Å². The number of rotatable bonds is 3. The quantitative estimate of drug-likeness (QED) is 0.743. The van der Waals surface area contributed by atoms with Gasteiger partial charge in [-0.2, -0.15) is 0 Å². The number of alkyl halides is 1. The summed E-state index contributed by atoms with van der Waals surface area (Å²) in [6, 6.07) is 1.71. The Kier molecular flexibility index (Phi) is 3.31. The minimum atomic E-state index is 0.0702. The van der Waals surface area contributed by atoms with Gasteiger partial charge in [-0.1, -0.05) is 0 Å². The van der Waals surface area contributed by atoms with Crippen LogP contribution >= 0.6 is 11.6 Å². The molecule has 1 unspecified atom stereocenters. The number of furan rings is 1. The summed E-state index contributed by atoms with van der Waals surface area (Å²) in [5.74, 6) is 1.32. The minimum absolute atomic E-state index is 0.0702. The van der Waals surface area contributed by atoms with E-state index in [-0.39, 0.29) is 5.91 Å². The molecule has 0 N–H and O–H groups in total. The molecule has 1 aromatic heterocycles. The van der Waals surface area contributed by atoms with E-state index in [1.807, 2.05) is 4.90 Å². The molecule has 0 saturated carbocycles. The average Bonchev–Trinajstić information content (AvgIpc) is 2.87. The van der Waals surface area contributed by atoms with E-state index in [9.17, 15) is 4.79 Å². The number of halogens is 1. The zero-order chi connectivity index (χ0) is 10.7. The van der Waals surface area contributed by atoms with Crippen LogP contribution in [-0.2, 0) is 0 Å². The first-order chi connectivity index (χ1) is 7.31. The summed E-state index contributed by atoms with van der Waals surface area (Å²) in [4.78, 5) is 13.8. The van der Waals surface area contributed by atoms with E-state index in [0.717, 1.165) is 25.9 Å². The Labute approximate surface area is 94.0 Å². The molecule has 0 spiro atoms. The first-order valence-electron chi connectivity index (χ1n) is 5.18. The van der Waals surface area contributed by atoms with E-state index >= 15 is 0 Å². The van der Waals surface area contributed by atoms with Crippen molar-refractivity contribution in [2.45, 2.75) is 12.8 Å². The number of likely N-dealkylation sites (tertiary alicyclic amines) is 1. The molecule has 1 amide bonds. The standard InChI is InChI=1S/C11H14ClNO2/c12-4-1-9-2-5-13(7-9)11(14)10-3-6-15-8-10/h3,6,8-9H,1-2,4-5,7H2. The van der Waals surface area contributed by atoms with Crippen LogP contribution in [0.1, 0.15) is 23.2 Å². The van der Waals surface area contributed by atoms with Crippen molar-refractivity contribution < 1.29 is 9.21 Å². The molecule has 0 aliphatic carbocycles. The van der Waals surface area contributed by atoms with Crippen molar-refractivity contribution in [3.8, 4) is 0 Å². The zero-order valence-corrected chi connectivity index (χ0v) is 9.24. The van der Waals surface area contributed by atoms with Gasteiger partial charge < -0.3 is 9.32 Å². The van der Waals surface area contributed by atoms with E-state index in [1.165, 1.54) is 12.5 Å². The summed E-state index contributed by atoms with van der Waals surface area (Å²) in [5, 5.41) is 0. The Morgan fingerprint density at radius 1 is 1.67 bits per heavy atom. The second kappa shape index (κ2) is 4.71. The Hall–Kier alpha value is -0.960. The Bertz CT molecular complexity index is 323. The number of carbonyl (C=O) groups excluding carboxylic acids is 1. The van der Waals surface area contributed by atoms with E-state index in [0.29, 0.717) is 17.4 Å². The van der Waals surface area contributed by atoms with Crippen molar-refractivity contribution in [1.82, 2.24) is 4.90 Å². The number of nitrogens with zero attached hydrogens (tertiary/aromatic N) is 1. The molecule has 0 bridgehead atoms. The number of hydrogen-bond acceptors (Lipinski definition) is 2. The predicted octanol–water partition coefficient (Wildman–Crippen LogP) is 2.37. The molecule has 1 aromatic rings. The van der Waals surface area contributed by atoms with Crippen LogP contribution in [0.4, 0.5) is 0 Å². The maximum atomic E-state index is 11.9. The Balaban J connectivity index is 1.93. The van der Waals surface area contributed by atoms with Gasteiger partial charge in [0.25, 0.3) is 5.91 Å². The molecule has 1 saturated heterocycles. The fourth-order valence-corrected chi connectivity index (χ4v) is 2.28. The van der Waals surface area contributed by atoms with Crippen LogP contribution in [0.3, 0.4) is 0 Å². The largest absolute Gasteiger partial charge is 0.472 e. The summed E-state index contributed by atoms with van der Waals surface area (Å²) in [6.07, 6.45) is 5.09. The van der Waals surface area contributed by atoms with E-state index in [1.54, 1.807) is 6.07 Å². The van der Waals surface area contributed by atoms with Crippen molar-refractivity contribution >= 4 is 17.5 Å². The molecule has 3 nitrogen and oxygen atoms in total. The molecular formula is C11H14ClNO2. The lowest BCUT2D eigenvalue weighted by Crippen LogP contribution is -2.28. The van der Waals surface area contributed by atoms with Gasteiger partial charge in [0.2, 0.25) is 0 Å². The molecule has 1 atom stereocenters. The van der Waals surface area contributed by atoms with E-state index in [4.69, 9.17) is 16.0 Å². The predicted molar refractivity (Wildman–Crippen MR) is 58.1 cm³/mol. The summed E-state index contributed by atoms with van der Waals surface area (Å²) in [6.45, 7) is 1.67. The summed E-state index contributed by atoms with van der Waals surface area (Å²) >= 11 is 5.69. The first kappa shape index (κ1) is 10.6. The molecule has 4 heteroatoms. The summed E-state index contributed by atoms with van der Waals surface area (Å²) in [5.41, 5.74) is 0.640. The van der Waals surface area contributed by atoms with Gasteiger partial charge in [0.15, 0.2) is 0 Å². The van der Waals surface area contributed by atoms with Crippen LogP contribution in [0.5, 0.6) is 0 Å². The monoisotopic (exact) mass is 227 g/mol. The molecule has 0 radical (unpaired) electrons. The number of amides is 1. The average molecular weight is 228 g/mol. The van der Waals surface area contributed by atoms with Gasteiger partial charge in [0.1, 0.15) is 6.26 Å². The zero-order valence-electron chi connectivity index (χ0n) is 8.49. The molecule has 1 aliphatic heterocycles. The van der Waals surface area contributed by atoms with Gasteiger partial charge in [-0.25, -0.2) is 0 Å². The molecule has 1 fully saturated rings. The van der Waals surface area contributed by atoms with Crippen LogP contribution in [0.15, 0.2) is 23.0 Å². The molecule has 2 rings (SSSR count). The van der Waals surface area contributed by atoms with Crippen molar-refractivity contribution in [3.63, 3.8) is 0 Å². The van der Waals surface area contributed by atoms with Crippen LogP contribution in [0, 0.1) is 5.92 Å². The van der Waals surface area contributed by atoms with Gasteiger partial charge >= 0.3 is 0 Å². The highest BCUT2D eigenvalue weighted by Gasteiger charge is 2.26. The molecule has 82 valence electrons. The van der Waals surface area contributed by atoms with Crippen molar-refractivity contribution in [3.05, 3.63) is 24.2 Å². The second-order valence-electron chi connectivity index (χ2n) is 3.90. The molecular weight excluding hydrogens is 214 g/mol. The van der Waals surface area contributed by atoms with E-state index in [2.05, 4.69) is 0 Å². The van der Waals surface area contributed by atoms with Crippen LogP contribution < -0.4 is 0 Å². The van der Waals surface area contributed by atoms with Gasteiger partial charge in [0.05, 0.1) is 11.8 Å². The Morgan fingerprint density at radius 3 is 3.20 bits per heavy atom. The number of carbonyl (C=O) groups is 1. The highest BCUT2D eigenvalue weighted by atomic mass is 35.5. The van der Waals surface area contributed by atoms with Gasteiger partial charge in [-0.3, -0.25) is 4.79 Å².